The van der Waals surface area contributed by atoms with E-state index in [1.54, 1.807) is 24.4 Å². The van der Waals surface area contributed by atoms with Crippen molar-refractivity contribution in [1.82, 2.24) is 4.98 Å². The smallest absolute Gasteiger partial charge is 0.119 e. The third kappa shape index (κ3) is 2.82. The van der Waals surface area contributed by atoms with Gasteiger partial charge in [-0.05, 0) is 29.8 Å². The van der Waals surface area contributed by atoms with Gasteiger partial charge in [-0.1, -0.05) is 29.4 Å². The first kappa shape index (κ1) is 12.9. The van der Waals surface area contributed by atoms with Crippen molar-refractivity contribution in [2.24, 2.45) is 5.73 Å². The Morgan fingerprint density at radius 3 is 2.89 bits per heavy atom. The van der Waals surface area contributed by atoms with E-state index in [9.17, 15) is 0 Å². The average molecular weight is 276 g/mol. The van der Waals surface area contributed by atoms with Crippen LogP contribution in [0.1, 0.15) is 11.1 Å². The van der Waals surface area contributed by atoms with Crippen LogP contribution in [0.2, 0.25) is 5.02 Å². The van der Waals surface area contributed by atoms with Crippen LogP contribution in [-0.2, 0) is 6.54 Å². The number of halogens is 1. The van der Waals surface area contributed by atoms with E-state index in [4.69, 9.17) is 22.6 Å². The van der Waals surface area contributed by atoms with Gasteiger partial charge in [-0.25, -0.2) is 4.98 Å². The van der Waals surface area contributed by atoms with Crippen molar-refractivity contribution in [2.45, 2.75) is 16.5 Å². The fourth-order valence-corrected chi connectivity index (χ4v) is 2.51. The minimum absolute atomic E-state index is 0.421. The zero-order chi connectivity index (χ0) is 13.0. The number of rotatable bonds is 3. The summed E-state index contributed by atoms with van der Waals surface area (Å²) in [5.41, 5.74) is 7.07. The molecule has 2 rings (SSSR count). The zero-order valence-corrected chi connectivity index (χ0v) is 11.0. The van der Waals surface area contributed by atoms with Crippen LogP contribution in [0, 0.1) is 11.3 Å². The van der Waals surface area contributed by atoms with Gasteiger partial charge in [-0.15, -0.1) is 0 Å². The van der Waals surface area contributed by atoms with Gasteiger partial charge in [0.05, 0.1) is 10.6 Å². The second-order valence-corrected chi connectivity index (χ2v) is 4.98. The Morgan fingerprint density at radius 2 is 2.22 bits per heavy atom. The van der Waals surface area contributed by atoms with Crippen molar-refractivity contribution in [3.63, 3.8) is 0 Å². The van der Waals surface area contributed by atoms with Crippen LogP contribution in [0.25, 0.3) is 0 Å². The van der Waals surface area contributed by atoms with Gasteiger partial charge < -0.3 is 5.73 Å². The molecule has 0 amide bonds. The van der Waals surface area contributed by atoms with Crippen LogP contribution in [0.4, 0.5) is 0 Å². The highest BCUT2D eigenvalue weighted by Gasteiger charge is 2.08. The van der Waals surface area contributed by atoms with Crippen molar-refractivity contribution >= 4 is 23.4 Å². The van der Waals surface area contributed by atoms with Crippen molar-refractivity contribution in [3.05, 3.63) is 52.7 Å². The number of nitrogens with two attached hydrogens (primary N) is 1. The molecule has 90 valence electrons. The number of pyridine rings is 1. The summed E-state index contributed by atoms with van der Waals surface area (Å²) in [7, 11) is 0. The molecule has 0 radical (unpaired) electrons. The quantitative estimate of drug-likeness (QED) is 0.934. The van der Waals surface area contributed by atoms with Gasteiger partial charge in [0.1, 0.15) is 11.1 Å². The maximum Gasteiger partial charge on any atom is 0.119 e. The number of hydrogen-bond donors (Lipinski definition) is 1. The molecule has 18 heavy (non-hydrogen) atoms. The van der Waals surface area contributed by atoms with Crippen LogP contribution in [-0.4, -0.2) is 4.98 Å². The van der Waals surface area contributed by atoms with Crippen LogP contribution in [0.3, 0.4) is 0 Å². The summed E-state index contributed by atoms with van der Waals surface area (Å²) in [6, 6.07) is 11.3. The Labute approximate surface area is 115 Å². The number of aromatic nitrogens is 1. The molecular weight excluding hydrogens is 266 g/mol. The van der Waals surface area contributed by atoms with Crippen molar-refractivity contribution < 1.29 is 0 Å². The number of nitriles is 1. The molecule has 0 unspecified atom stereocenters. The van der Waals surface area contributed by atoms with Crippen LogP contribution in [0.15, 0.2) is 46.5 Å². The number of nitrogens with zero attached hydrogens (tertiary/aromatic N) is 2. The molecule has 0 fully saturated rings. The summed E-state index contributed by atoms with van der Waals surface area (Å²) in [4.78, 5) is 5.02. The first-order valence-corrected chi connectivity index (χ1v) is 6.45. The third-order valence-corrected chi connectivity index (χ3v) is 3.84. The Hall–Kier alpha value is -1.54. The minimum Gasteiger partial charge on any atom is -0.326 e. The van der Waals surface area contributed by atoms with Gasteiger partial charge in [-0.2, -0.15) is 5.26 Å². The molecule has 1 heterocycles. The van der Waals surface area contributed by atoms with E-state index >= 15 is 0 Å². The summed E-state index contributed by atoms with van der Waals surface area (Å²) in [5.74, 6) is 0. The van der Waals surface area contributed by atoms with E-state index in [1.807, 2.05) is 12.1 Å². The number of benzene rings is 1. The highest BCUT2D eigenvalue weighted by molar-refractivity contribution is 7.99. The molecule has 0 aliphatic rings. The van der Waals surface area contributed by atoms with E-state index in [0.717, 1.165) is 10.5 Å². The predicted molar refractivity (Wildman–Crippen MR) is 72.4 cm³/mol. The molecule has 0 saturated carbocycles. The largest absolute Gasteiger partial charge is 0.326 e. The molecule has 0 bridgehead atoms. The van der Waals surface area contributed by atoms with E-state index in [-0.39, 0.29) is 0 Å². The summed E-state index contributed by atoms with van der Waals surface area (Å²) in [5, 5.41) is 10.4. The lowest BCUT2D eigenvalue weighted by atomic mass is 10.1. The van der Waals surface area contributed by atoms with Crippen molar-refractivity contribution in [1.29, 1.82) is 5.26 Å². The zero-order valence-electron chi connectivity index (χ0n) is 9.43. The topological polar surface area (TPSA) is 62.7 Å². The molecule has 0 aliphatic carbocycles. The molecule has 0 atom stereocenters. The molecule has 2 N–H and O–H groups in total. The Balaban J connectivity index is 2.35. The first-order valence-electron chi connectivity index (χ1n) is 5.26. The normalized spacial score (nSPS) is 10.1. The Bertz CT molecular complexity index is 607. The lowest BCUT2D eigenvalue weighted by Gasteiger charge is -2.06. The van der Waals surface area contributed by atoms with Crippen LogP contribution < -0.4 is 5.73 Å². The van der Waals surface area contributed by atoms with Gasteiger partial charge >= 0.3 is 0 Å². The van der Waals surface area contributed by atoms with Crippen molar-refractivity contribution in [2.75, 3.05) is 0 Å². The molecule has 1 aromatic carbocycles. The molecule has 5 heteroatoms. The molecule has 0 saturated heterocycles. The second kappa shape index (κ2) is 5.87. The molecule has 1 aromatic heterocycles. The van der Waals surface area contributed by atoms with E-state index in [0.29, 0.717) is 22.2 Å². The Morgan fingerprint density at radius 1 is 1.39 bits per heavy atom. The lowest BCUT2D eigenvalue weighted by molar-refractivity contribution is 1.06. The van der Waals surface area contributed by atoms with E-state index in [2.05, 4.69) is 11.1 Å². The van der Waals surface area contributed by atoms with Gasteiger partial charge in [0.25, 0.3) is 0 Å². The summed E-state index contributed by atoms with van der Waals surface area (Å²) < 4.78 is 0. The van der Waals surface area contributed by atoms with Gasteiger partial charge in [0.15, 0.2) is 0 Å². The minimum atomic E-state index is 0.421. The fraction of sp³-hybridized carbons (Fsp3) is 0.0769. The van der Waals surface area contributed by atoms with Crippen LogP contribution >= 0.6 is 23.4 Å². The average Bonchev–Trinajstić information content (AvgIpc) is 2.41. The number of hydrogen-bond acceptors (Lipinski definition) is 4. The molecule has 3 nitrogen and oxygen atoms in total. The van der Waals surface area contributed by atoms with Crippen LogP contribution in [0.5, 0.6) is 0 Å². The lowest BCUT2D eigenvalue weighted by Crippen LogP contribution is -1.97. The molecular formula is C13H10ClN3S. The molecule has 0 spiro atoms. The maximum atomic E-state index is 9.13. The summed E-state index contributed by atoms with van der Waals surface area (Å²) >= 11 is 7.42. The van der Waals surface area contributed by atoms with Gasteiger partial charge in [0, 0.05) is 17.6 Å². The summed E-state index contributed by atoms with van der Waals surface area (Å²) in [6.45, 7) is 0.421. The first-order chi connectivity index (χ1) is 8.74. The van der Waals surface area contributed by atoms with E-state index < -0.39 is 0 Å². The third-order valence-electron chi connectivity index (χ3n) is 2.33. The fourth-order valence-electron chi connectivity index (χ4n) is 1.43. The van der Waals surface area contributed by atoms with E-state index in [1.165, 1.54) is 11.8 Å². The maximum absolute atomic E-state index is 9.13. The highest BCUT2D eigenvalue weighted by Crippen LogP contribution is 2.33. The standard InChI is InChI=1S/C13H10ClN3S/c14-11-2-1-5-17-13(11)18-12-4-3-9(7-15)6-10(12)8-16/h1-6H,7,15H2. The Kier molecular flexibility index (Phi) is 4.21. The van der Waals surface area contributed by atoms with Gasteiger partial charge in [-0.3, -0.25) is 0 Å². The second-order valence-electron chi connectivity index (χ2n) is 3.54. The molecule has 0 aliphatic heterocycles. The monoisotopic (exact) mass is 275 g/mol. The molecule has 2 aromatic rings. The highest BCUT2D eigenvalue weighted by atomic mass is 35.5. The predicted octanol–water partition coefficient (Wildman–Crippen LogP) is 3.22. The summed E-state index contributed by atoms with van der Waals surface area (Å²) in [6.07, 6.45) is 1.68. The van der Waals surface area contributed by atoms with Crippen molar-refractivity contribution in [3.8, 4) is 6.07 Å². The van der Waals surface area contributed by atoms with Gasteiger partial charge in [0.2, 0.25) is 0 Å². The SMILES string of the molecule is N#Cc1cc(CN)ccc1Sc1ncccc1Cl.